The zero-order chi connectivity index (χ0) is 11.8. The minimum atomic E-state index is -0.0856. The van der Waals surface area contributed by atoms with Gasteiger partial charge in [0.05, 0.1) is 6.61 Å². The zero-order valence-corrected chi connectivity index (χ0v) is 9.40. The summed E-state index contributed by atoms with van der Waals surface area (Å²) in [6.07, 6.45) is 0.816. The molecule has 0 unspecified atom stereocenters. The van der Waals surface area contributed by atoms with Gasteiger partial charge in [0.2, 0.25) is 5.91 Å². The Morgan fingerprint density at radius 2 is 2.19 bits per heavy atom. The number of hydrogen-bond donors (Lipinski definition) is 2. The fourth-order valence-electron chi connectivity index (χ4n) is 1.38. The first kappa shape index (κ1) is 12.7. The predicted molar refractivity (Wildman–Crippen MR) is 62.1 cm³/mol. The van der Waals surface area contributed by atoms with Crippen molar-refractivity contribution < 1.29 is 14.6 Å². The quantitative estimate of drug-likeness (QED) is 0.769. The number of hydrogen-bond acceptors (Lipinski definition) is 3. The Morgan fingerprint density at radius 3 is 2.88 bits per heavy atom. The molecule has 2 N–H and O–H groups in total. The number of ether oxygens (including phenoxy) is 1. The molecule has 0 aromatic heterocycles. The van der Waals surface area contributed by atoms with E-state index in [1.54, 1.807) is 7.11 Å². The normalized spacial score (nSPS) is 10.1. The van der Waals surface area contributed by atoms with Crippen LogP contribution >= 0.6 is 0 Å². The highest BCUT2D eigenvalue weighted by Gasteiger charge is 2.05. The maximum atomic E-state index is 11.5. The molecule has 0 radical (unpaired) electrons. The molecule has 0 bridgehead atoms. The number of rotatable bonds is 6. The van der Waals surface area contributed by atoms with Gasteiger partial charge in [-0.2, -0.15) is 0 Å². The summed E-state index contributed by atoms with van der Waals surface area (Å²) >= 11 is 0. The van der Waals surface area contributed by atoms with Crippen LogP contribution in [-0.4, -0.2) is 24.7 Å². The van der Waals surface area contributed by atoms with Gasteiger partial charge in [0, 0.05) is 31.4 Å². The van der Waals surface area contributed by atoms with Gasteiger partial charge in [-0.15, -0.1) is 0 Å². The molecule has 88 valence electrons. The van der Waals surface area contributed by atoms with Crippen LogP contribution in [0.15, 0.2) is 24.3 Å². The summed E-state index contributed by atoms with van der Waals surface area (Å²) in [5.41, 5.74) is 1.72. The average molecular weight is 223 g/mol. The first-order valence-electron chi connectivity index (χ1n) is 5.25. The Hall–Kier alpha value is -1.39. The number of aliphatic hydroxyl groups is 1. The van der Waals surface area contributed by atoms with Gasteiger partial charge in [0.1, 0.15) is 0 Å². The molecule has 0 atom stereocenters. The van der Waals surface area contributed by atoms with Crippen molar-refractivity contribution in [2.24, 2.45) is 0 Å². The lowest BCUT2D eigenvalue weighted by molar-refractivity contribution is -0.116. The molecule has 0 saturated heterocycles. The number of para-hydroxylation sites is 1. The minimum absolute atomic E-state index is 0.0349. The van der Waals surface area contributed by atoms with Gasteiger partial charge in [-0.05, 0) is 12.5 Å². The van der Waals surface area contributed by atoms with E-state index in [4.69, 9.17) is 9.84 Å². The highest BCUT2D eigenvalue weighted by molar-refractivity contribution is 5.91. The molecule has 1 amide bonds. The molecule has 0 heterocycles. The number of amides is 1. The van der Waals surface area contributed by atoms with Crippen molar-refractivity contribution >= 4 is 11.6 Å². The fourth-order valence-corrected chi connectivity index (χ4v) is 1.38. The van der Waals surface area contributed by atoms with Crippen molar-refractivity contribution in [2.45, 2.75) is 19.4 Å². The molecule has 0 spiro atoms. The van der Waals surface area contributed by atoms with E-state index in [9.17, 15) is 4.79 Å². The third kappa shape index (κ3) is 4.00. The van der Waals surface area contributed by atoms with Crippen LogP contribution in [0.4, 0.5) is 5.69 Å². The van der Waals surface area contributed by atoms with E-state index < -0.39 is 0 Å². The van der Waals surface area contributed by atoms with E-state index in [2.05, 4.69) is 5.32 Å². The molecule has 0 aliphatic carbocycles. The molecular formula is C12H17NO3. The predicted octanol–water partition coefficient (Wildman–Crippen LogP) is 1.54. The lowest BCUT2D eigenvalue weighted by Gasteiger charge is -2.09. The second-order valence-electron chi connectivity index (χ2n) is 3.47. The molecule has 0 fully saturated rings. The van der Waals surface area contributed by atoms with E-state index >= 15 is 0 Å². The van der Waals surface area contributed by atoms with Crippen LogP contribution in [0.1, 0.15) is 18.4 Å². The van der Waals surface area contributed by atoms with Crippen LogP contribution in [0, 0.1) is 0 Å². The highest BCUT2D eigenvalue weighted by atomic mass is 16.5. The minimum Gasteiger partial charge on any atom is -0.396 e. The van der Waals surface area contributed by atoms with E-state index in [0.717, 1.165) is 11.3 Å². The molecule has 4 nitrogen and oxygen atoms in total. The Bertz CT molecular complexity index is 339. The monoisotopic (exact) mass is 223 g/mol. The summed E-state index contributed by atoms with van der Waals surface area (Å²) in [6, 6.07) is 7.51. The summed E-state index contributed by atoms with van der Waals surface area (Å²) < 4.78 is 5.04. The topological polar surface area (TPSA) is 58.6 Å². The summed E-state index contributed by atoms with van der Waals surface area (Å²) in [5, 5.41) is 11.4. The van der Waals surface area contributed by atoms with Gasteiger partial charge in [-0.25, -0.2) is 0 Å². The highest BCUT2D eigenvalue weighted by Crippen LogP contribution is 2.16. The Kier molecular flexibility index (Phi) is 5.53. The van der Waals surface area contributed by atoms with Crippen molar-refractivity contribution in [2.75, 3.05) is 19.0 Å². The van der Waals surface area contributed by atoms with Crippen LogP contribution in [0.3, 0.4) is 0 Å². The van der Waals surface area contributed by atoms with Crippen molar-refractivity contribution in [1.29, 1.82) is 0 Å². The van der Waals surface area contributed by atoms with Gasteiger partial charge >= 0.3 is 0 Å². The van der Waals surface area contributed by atoms with Gasteiger partial charge < -0.3 is 15.2 Å². The number of carbonyl (C=O) groups is 1. The van der Waals surface area contributed by atoms with Gasteiger partial charge in [0.25, 0.3) is 0 Å². The van der Waals surface area contributed by atoms with Crippen LogP contribution in [-0.2, 0) is 16.1 Å². The first-order chi connectivity index (χ1) is 7.77. The number of benzene rings is 1. The van der Waals surface area contributed by atoms with Crippen LogP contribution in [0.5, 0.6) is 0 Å². The lowest BCUT2D eigenvalue weighted by Crippen LogP contribution is -2.13. The maximum Gasteiger partial charge on any atom is 0.224 e. The van der Waals surface area contributed by atoms with Crippen molar-refractivity contribution in [3.05, 3.63) is 29.8 Å². The molecular weight excluding hydrogens is 206 g/mol. The Balaban J connectivity index is 2.61. The van der Waals surface area contributed by atoms with E-state index in [1.807, 2.05) is 24.3 Å². The molecule has 4 heteroatoms. The molecule has 0 aliphatic rings. The number of aliphatic hydroxyl groups excluding tert-OH is 1. The standard InChI is InChI=1S/C12H17NO3/c1-16-9-10-5-2-3-6-11(10)13-12(15)7-4-8-14/h2-3,5-6,14H,4,7-9H2,1H3,(H,13,15). The van der Waals surface area contributed by atoms with Crippen LogP contribution in [0.2, 0.25) is 0 Å². The molecule has 0 saturated carbocycles. The Labute approximate surface area is 95.2 Å². The van der Waals surface area contributed by atoms with Crippen LogP contribution < -0.4 is 5.32 Å². The van der Waals surface area contributed by atoms with Gasteiger partial charge in [-0.3, -0.25) is 4.79 Å². The van der Waals surface area contributed by atoms with E-state index in [1.165, 1.54) is 0 Å². The largest absolute Gasteiger partial charge is 0.396 e. The van der Waals surface area contributed by atoms with E-state index in [0.29, 0.717) is 19.4 Å². The summed E-state index contributed by atoms with van der Waals surface area (Å²) in [5.74, 6) is -0.0856. The number of carbonyl (C=O) groups excluding carboxylic acids is 1. The van der Waals surface area contributed by atoms with Gasteiger partial charge in [0.15, 0.2) is 0 Å². The van der Waals surface area contributed by atoms with Crippen LogP contribution in [0.25, 0.3) is 0 Å². The third-order valence-corrected chi connectivity index (χ3v) is 2.15. The maximum absolute atomic E-state index is 11.5. The van der Waals surface area contributed by atoms with Crippen molar-refractivity contribution in [3.8, 4) is 0 Å². The SMILES string of the molecule is COCc1ccccc1NC(=O)CCCO. The molecule has 0 aliphatic heterocycles. The number of anilines is 1. The number of nitrogens with one attached hydrogen (secondary N) is 1. The van der Waals surface area contributed by atoms with Crippen molar-refractivity contribution in [1.82, 2.24) is 0 Å². The summed E-state index contributed by atoms with van der Waals surface area (Å²) in [4.78, 5) is 11.5. The summed E-state index contributed by atoms with van der Waals surface area (Å²) in [7, 11) is 1.62. The second kappa shape index (κ2) is 6.98. The average Bonchev–Trinajstić information content (AvgIpc) is 2.29. The first-order valence-corrected chi connectivity index (χ1v) is 5.25. The second-order valence-corrected chi connectivity index (χ2v) is 3.47. The third-order valence-electron chi connectivity index (χ3n) is 2.15. The molecule has 1 rings (SSSR count). The van der Waals surface area contributed by atoms with Gasteiger partial charge in [-0.1, -0.05) is 18.2 Å². The smallest absolute Gasteiger partial charge is 0.224 e. The number of methoxy groups -OCH3 is 1. The van der Waals surface area contributed by atoms with E-state index in [-0.39, 0.29) is 12.5 Å². The van der Waals surface area contributed by atoms with Crippen molar-refractivity contribution in [3.63, 3.8) is 0 Å². The molecule has 16 heavy (non-hydrogen) atoms. The molecule has 1 aromatic carbocycles. The lowest BCUT2D eigenvalue weighted by atomic mass is 10.2. The zero-order valence-electron chi connectivity index (χ0n) is 9.40. The summed E-state index contributed by atoms with van der Waals surface area (Å²) in [6.45, 7) is 0.504. The molecule has 1 aromatic rings. The Morgan fingerprint density at radius 1 is 1.44 bits per heavy atom. The fraction of sp³-hybridized carbons (Fsp3) is 0.417.